The highest BCUT2D eigenvalue weighted by Crippen LogP contribution is 2.22. The van der Waals surface area contributed by atoms with Gasteiger partial charge in [-0.15, -0.1) is 0 Å². The second-order valence-corrected chi connectivity index (χ2v) is 5.85. The largest absolute Gasteiger partial charge is 0.391 e. The molecule has 2 atom stereocenters. The Morgan fingerprint density at radius 2 is 1.55 bits per heavy atom. The molecule has 0 amide bonds. The summed E-state index contributed by atoms with van der Waals surface area (Å²) in [6.45, 7) is 1.24. The zero-order valence-electron chi connectivity index (χ0n) is 12.7. The molecule has 0 bridgehead atoms. The van der Waals surface area contributed by atoms with Gasteiger partial charge >= 0.3 is 0 Å². The van der Waals surface area contributed by atoms with Crippen molar-refractivity contribution in [2.75, 3.05) is 13.2 Å². The smallest absolute Gasteiger partial charge is 0.0774 e. The lowest BCUT2D eigenvalue weighted by atomic mass is 9.98. The molecule has 3 heteroatoms. The third-order valence-corrected chi connectivity index (χ3v) is 4.16. The third-order valence-electron chi connectivity index (χ3n) is 4.16. The van der Waals surface area contributed by atoms with E-state index < -0.39 is 0 Å². The fourth-order valence-electron chi connectivity index (χ4n) is 2.92. The van der Waals surface area contributed by atoms with Crippen molar-refractivity contribution in [1.82, 2.24) is 5.32 Å². The zero-order valence-corrected chi connectivity index (χ0v) is 12.7. The van der Waals surface area contributed by atoms with E-state index in [0.717, 1.165) is 19.4 Å². The van der Waals surface area contributed by atoms with Crippen molar-refractivity contribution in [2.45, 2.75) is 31.1 Å². The number of benzene rings is 2. The highest BCUT2D eigenvalue weighted by Gasteiger charge is 2.21. The van der Waals surface area contributed by atoms with Crippen LogP contribution in [0.25, 0.3) is 0 Å². The summed E-state index contributed by atoms with van der Waals surface area (Å²) in [6, 6.07) is 21.1. The van der Waals surface area contributed by atoms with Crippen molar-refractivity contribution < 1.29 is 9.84 Å². The van der Waals surface area contributed by atoms with Gasteiger partial charge in [-0.05, 0) is 24.0 Å². The average Bonchev–Trinajstić information content (AvgIpc) is 2.59. The van der Waals surface area contributed by atoms with E-state index in [1.807, 2.05) is 12.1 Å². The Kier molecular flexibility index (Phi) is 5.22. The van der Waals surface area contributed by atoms with Crippen LogP contribution in [0.15, 0.2) is 60.7 Å². The van der Waals surface area contributed by atoms with Crippen LogP contribution in [0.4, 0.5) is 0 Å². The van der Waals surface area contributed by atoms with Crippen molar-refractivity contribution in [3.8, 4) is 0 Å². The lowest BCUT2D eigenvalue weighted by Crippen LogP contribution is -2.38. The minimum absolute atomic E-state index is 0.165. The van der Waals surface area contributed by atoms with E-state index in [0.29, 0.717) is 6.61 Å². The third kappa shape index (κ3) is 3.95. The van der Waals surface area contributed by atoms with Crippen LogP contribution in [0, 0.1) is 0 Å². The highest BCUT2D eigenvalue weighted by atomic mass is 16.5. The highest BCUT2D eigenvalue weighted by molar-refractivity contribution is 5.31. The molecule has 0 aliphatic carbocycles. The van der Waals surface area contributed by atoms with Crippen LogP contribution in [-0.2, 0) is 4.74 Å². The van der Waals surface area contributed by atoms with Crippen LogP contribution in [0.5, 0.6) is 0 Å². The van der Waals surface area contributed by atoms with Gasteiger partial charge in [0.15, 0.2) is 0 Å². The van der Waals surface area contributed by atoms with Crippen LogP contribution in [0.1, 0.15) is 30.0 Å². The minimum atomic E-state index is -0.296. The van der Waals surface area contributed by atoms with Gasteiger partial charge in [-0.2, -0.15) is 0 Å². The van der Waals surface area contributed by atoms with E-state index in [9.17, 15) is 5.11 Å². The summed E-state index contributed by atoms with van der Waals surface area (Å²) in [5, 5.41) is 13.1. The normalized spacial score (nSPS) is 21.9. The Labute approximate surface area is 131 Å². The van der Waals surface area contributed by atoms with Gasteiger partial charge in [0.2, 0.25) is 0 Å². The Balaban J connectivity index is 1.70. The molecular weight excluding hydrogens is 274 g/mol. The molecule has 1 saturated heterocycles. The topological polar surface area (TPSA) is 41.5 Å². The molecule has 0 spiro atoms. The molecule has 22 heavy (non-hydrogen) atoms. The standard InChI is InChI=1S/C19H23NO2/c21-17-11-12-18(22-14-17)13-20-19(15-7-3-1-4-8-15)16-9-5-2-6-10-16/h1-10,17-21H,11-14H2. The van der Waals surface area contributed by atoms with Gasteiger partial charge in [-0.3, -0.25) is 0 Å². The first-order valence-corrected chi connectivity index (χ1v) is 7.96. The number of ether oxygens (including phenoxy) is 1. The van der Waals surface area contributed by atoms with Gasteiger partial charge < -0.3 is 15.2 Å². The number of aliphatic hydroxyl groups excluding tert-OH is 1. The SMILES string of the molecule is OC1CCC(CNC(c2ccccc2)c2ccccc2)OC1. The number of aliphatic hydroxyl groups is 1. The fraction of sp³-hybridized carbons (Fsp3) is 0.368. The quantitative estimate of drug-likeness (QED) is 0.891. The van der Waals surface area contributed by atoms with Gasteiger partial charge in [0.25, 0.3) is 0 Å². The lowest BCUT2D eigenvalue weighted by Gasteiger charge is -2.28. The van der Waals surface area contributed by atoms with Crippen LogP contribution in [0.2, 0.25) is 0 Å². The molecule has 1 aliphatic heterocycles. The molecule has 0 radical (unpaired) electrons. The maximum atomic E-state index is 9.51. The summed E-state index contributed by atoms with van der Waals surface area (Å²) in [7, 11) is 0. The Bertz CT molecular complexity index is 511. The summed E-state index contributed by atoms with van der Waals surface area (Å²) >= 11 is 0. The second kappa shape index (κ2) is 7.54. The molecule has 1 aliphatic rings. The van der Waals surface area contributed by atoms with Gasteiger partial charge in [0.05, 0.1) is 24.9 Å². The monoisotopic (exact) mass is 297 g/mol. The zero-order chi connectivity index (χ0) is 15.2. The molecule has 2 unspecified atom stereocenters. The summed E-state index contributed by atoms with van der Waals surface area (Å²) in [5.74, 6) is 0. The minimum Gasteiger partial charge on any atom is -0.391 e. The number of rotatable bonds is 5. The van der Waals surface area contributed by atoms with Crippen molar-refractivity contribution in [3.05, 3.63) is 71.8 Å². The average molecular weight is 297 g/mol. The van der Waals surface area contributed by atoms with Crippen LogP contribution >= 0.6 is 0 Å². The van der Waals surface area contributed by atoms with E-state index in [1.165, 1.54) is 11.1 Å². The van der Waals surface area contributed by atoms with Gasteiger partial charge in [-0.25, -0.2) is 0 Å². The maximum Gasteiger partial charge on any atom is 0.0774 e. The molecule has 3 rings (SSSR count). The predicted molar refractivity (Wildman–Crippen MR) is 87.7 cm³/mol. The number of hydrogen-bond acceptors (Lipinski definition) is 3. The predicted octanol–water partition coefficient (Wildman–Crippen LogP) is 2.91. The van der Waals surface area contributed by atoms with Crippen molar-refractivity contribution >= 4 is 0 Å². The van der Waals surface area contributed by atoms with Crippen molar-refractivity contribution in [1.29, 1.82) is 0 Å². The van der Waals surface area contributed by atoms with Crippen LogP contribution < -0.4 is 5.32 Å². The first-order valence-electron chi connectivity index (χ1n) is 7.96. The van der Waals surface area contributed by atoms with Crippen LogP contribution in [-0.4, -0.2) is 30.5 Å². The molecule has 0 aromatic heterocycles. The molecule has 2 N–H and O–H groups in total. The molecule has 2 aromatic carbocycles. The Hall–Kier alpha value is -1.68. The van der Waals surface area contributed by atoms with Crippen LogP contribution in [0.3, 0.4) is 0 Å². The van der Waals surface area contributed by atoms with Gasteiger partial charge in [0, 0.05) is 6.54 Å². The fourth-order valence-corrected chi connectivity index (χ4v) is 2.92. The maximum absolute atomic E-state index is 9.51. The van der Waals surface area contributed by atoms with Gasteiger partial charge in [0.1, 0.15) is 0 Å². The van der Waals surface area contributed by atoms with E-state index >= 15 is 0 Å². The lowest BCUT2D eigenvalue weighted by molar-refractivity contribution is -0.0544. The Morgan fingerprint density at radius 1 is 0.955 bits per heavy atom. The van der Waals surface area contributed by atoms with E-state index in [-0.39, 0.29) is 18.2 Å². The molecule has 0 saturated carbocycles. The van der Waals surface area contributed by atoms with E-state index in [2.05, 4.69) is 53.8 Å². The first-order chi connectivity index (χ1) is 10.8. The number of hydrogen-bond donors (Lipinski definition) is 2. The first kappa shape index (κ1) is 15.2. The molecular formula is C19H23NO2. The summed E-state index contributed by atoms with van der Waals surface area (Å²) in [6.07, 6.45) is 1.62. The summed E-state index contributed by atoms with van der Waals surface area (Å²) < 4.78 is 5.70. The molecule has 2 aromatic rings. The second-order valence-electron chi connectivity index (χ2n) is 5.85. The molecule has 1 fully saturated rings. The molecule has 3 nitrogen and oxygen atoms in total. The van der Waals surface area contributed by atoms with Gasteiger partial charge in [-0.1, -0.05) is 60.7 Å². The van der Waals surface area contributed by atoms with Crippen molar-refractivity contribution in [2.24, 2.45) is 0 Å². The van der Waals surface area contributed by atoms with Crippen molar-refractivity contribution in [3.63, 3.8) is 0 Å². The van der Waals surface area contributed by atoms with E-state index in [1.54, 1.807) is 0 Å². The Morgan fingerprint density at radius 3 is 2.05 bits per heavy atom. The number of nitrogens with one attached hydrogen (secondary N) is 1. The molecule has 1 heterocycles. The van der Waals surface area contributed by atoms with E-state index in [4.69, 9.17) is 4.74 Å². The molecule has 116 valence electrons. The summed E-state index contributed by atoms with van der Waals surface area (Å²) in [4.78, 5) is 0. The summed E-state index contributed by atoms with van der Waals surface area (Å²) in [5.41, 5.74) is 2.51.